The van der Waals surface area contributed by atoms with Crippen LogP contribution >= 0.6 is 33.9 Å². The second-order valence-corrected chi connectivity index (χ2v) is 20.8. The first kappa shape index (κ1) is 55.3. The van der Waals surface area contributed by atoms with Crippen LogP contribution in [0.2, 0.25) is 0 Å². The Bertz CT molecular complexity index is 2330. The van der Waals surface area contributed by atoms with Crippen molar-refractivity contribution in [1.82, 2.24) is 31.3 Å². The number of rotatable bonds is 26. The Hall–Kier alpha value is -4.63. The van der Waals surface area contributed by atoms with Crippen molar-refractivity contribution in [2.45, 2.75) is 136 Å². The molecule has 0 radical (unpaired) electrons. The van der Waals surface area contributed by atoms with Gasteiger partial charge in [-0.1, -0.05) is 83.6 Å². The summed E-state index contributed by atoms with van der Waals surface area (Å²) >= 11 is 3.50. The molecule has 4 amide bonds. The number of unbranched alkanes of at least 4 members (excludes halogenated alkanes) is 8. The van der Waals surface area contributed by atoms with Crippen molar-refractivity contribution in [2.75, 3.05) is 31.6 Å². The molecule has 4 aromatic rings. The van der Waals surface area contributed by atoms with Gasteiger partial charge >= 0.3 is 0 Å². The fourth-order valence-electron chi connectivity index (χ4n) is 8.15. The number of β-amino-alcohol motifs (C(OH)–C–C–N with tert-alkyl or cyclic N) is 1. The average Bonchev–Trinajstić information content (AvgIpc) is 3.93. The van der Waals surface area contributed by atoms with Crippen molar-refractivity contribution in [3.63, 3.8) is 0 Å². The standard InChI is InChI=1S/C51H67F3IN7O6S/c1-32(34-17-19-35(20-18-34)46-33(2)57-31-69-46)58-49(66)42-29-37(63)30-62(42)50(67)47(51(3,4)5)60-43(64)16-12-10-8-6-7-9-11-13-25-56-26-14-15-27-68-61-48(65)38-22-23-39(52)44(54)45(38)59-41-24-21-36(55)28-40(41)53/h17-24,28,31-32,37,42,47,56,59,63H,6-16,25-27,29-30H2,1-5H3,(H,58,66)(H,60,64)(H,61,65)/t32-,37+,42-,47+/m0/s1. The quantitative estimate of drug-likeness (QED) is 0.0203. The summed E-state index contributed by atoms with van der Waals surface area (Å²) in [5, 5.41) is 22.5. The third-order valence-corrected chi connectivity index (χ3v) is 13.8. The number of benzene rings is 3. The van der Waals surface area contributed by atoms with Crippen LogP contribution < -0.4 is 26.7 Å². The van der Waals surface area contributed by atoms with Crippen LogP contribution in [-0.4, -0.2) is 83.0 Å². The number of anilines is 2. The fourth-order valence-corrected chi connectivity index (χ4v) is 9.42. The molecule has 1 aliphatic heterocycles. The molecule has 0 unspecified atom stereocenters. The molecular weight excluding hydrogens is 1020 g/mol. The van der Waals surface area contributed by atoms with E-state index in [0.717, 1.165) is 98.3 Å². The molecule has 1 fully saturated rings. The van der Waals surface area contributed by atoms with E-state index in [2.05, 4.69) is 31.7 Å². The number of halogens is 4. The Morgan fingerprint density at radius 3 is 2.20 bits per heavy atom. The first-order valence-electron chi connectivity index (χ1n) is 23.9. The number of carbonyl (C=O) groups excluding carboxylic acids is 4. The number of nitrogens with zero attached hydrogens (tertiary/aromatic N) is 2. The Morgan fingerprint density at radius 2 is 1.55 bits per heavy atom. The van der Waals surface area contributed by atoms with Crippen LogP contribution in [0.5, 0.6) is 0 Å². The van der Waals surface area contributed by atoms with Gasteiger partial charge in [-0.3, -0.25) is 24.0 Å². The molecular formula is C51H67F3IN7O6S. The Balaban J connectivity index is 0.898. The van der Waals surface area contributed by atoms with Crippen molar-refractivity contribution in [3.8, 4) is 10.4 Å². The Labute approximate surface area is 421 Å². The number of thiazole rings is 1. The highest BCUT2D eigenvalue weighted by atomic mass is 127. The summed E-state index contributed by atoms with van der Waals surface area (Å²) < 4.78 is 43.7. The molecule has 1 saturated heterocycles. The second kappa shape index (κ2) is 27.1. The SMILES string of the molecule is Cc1ncsc1-c1ccc([C@H](C)NC(=O)[C@@H]2C[C@@H](O)CN2C(=O)[C@@H](NC(=O)CCCCCCCCCCNCCCCONC(=O)c2ccc(F)c(F)c2Nc2ccc(I)cc2F)C(C)(C)C)cc1. The van der Waals surface area contributed by atoms with Crippen LogP contribution in [0.3, 0.4) is 0 Å². The van der Waals surface area contributed by atoms with Crippen molar-refractivity contribution in [2.24, 2.45) is 5.41 Å². The number of hydrogen-bond donors (Lipinski definition) is 6. The molecule has 0 bridgehead atoms. The normalized spacial score (nSPS) is 15.7. The molecule has 3 aromatic carbocycles. The Morgan fingerprint density at radius 1 is 0.884 bits per heavy atom. The lowest BCUT2D eigenvalue weighted by molar-refractivity contribution is -0.144. The number of amides is 4. The van der Waals surface area contributed by atoms with E-state index in [1.54, 1.807) is 17.4 Å². The van der Waals surface area contributed by atoms with Crippen LogP contribution in [0, 0.1) is 33.4 Å². The van der Waals surface area contributed by atoms with Gasteiger partial charge in [0.15, 0.2) is 11.6 Å². The number of aromatic nitrogens is 1. The van der Waals surface area contributed by atoms with Gasteiger partial charge < -0.3 is 31.3 Å². The minimum absolute atomic E-state index is 0.0177. The monoisotopic (exact) mass is 1090 g/mol. The maximum atomic E-state index is 14.7. The Kier molecular flexibility index (Phi) is 21.7. The van der Waals surface area contributed by atoms with Gasteiger partial charge in [0, 0.05) is 23.0 Å². The molecule has 376 valence electrons. The molecule has 18 heteroatoms. The van der Waals surface area contributed by atoms with E-state index < -0.39 is 52.6 Å². The fraction of sp³-hybridized carbons (Fsp3) is 0.510. The third kappa shape index (κ3) is 16.7. The zero-order valence-electron chi connectivity index (χ0n) is 40.2. The van der Waals surface area contributed by atoms with Crippen molar-refractivity contribution in [1.29, 1.82) is 0 Å². The number of aliphatic hydroxyl groups excluding tert-OH is 1. The van der Waals surface area contributed by atoms with E-state index in [1.165, 1.54) is 17.0 Å². The predicted octanol–water partition coefficient (Wildman–Crippen LogP) is 9.80. The van der Waals surface area contributed by atoms with Gasteiger partial charge in [-0.2, -0.15) is 0 Å². The molecule has 0 saturated carbocycles. The van der Waals surface area contributed by atoms with E-state index in [-0.39, 0.29) is 54.6 Å². The van der Waals surface area contributed by atoms with Crippen molar-refractivity contribution in [3.05, 3.63) is 98.0 Å². The summed E-state index contributed by atoms with van der Waals surface area (Å²) in [5.74, 6) is -4.89. The summed E-state index contributed by atoms with van der Waals surface area (Å²) in [7, 11) is 0. The van der Waals surface area contributed by atoms with Crippen LogP contribution in [0.25, 0.3) is 10.4 Å². The van der Waals surface area contributed by atoms with Crippen LogP contribution in [0.15, 0.2) is 60.1 Å². The van der Waals surface area contributed by atoms with Gasteiger partial charge in [0.25, 0.3) is 5.91 Å². The number of aryl methyl sites for hydroxylation is 1. The number of likely N-dealkylation sites (tertiary alicyclic amines) is 1. The van der Waals surface area contributed by atoms with Gasteiger partial charge in [-0.25, -0.2) is 23.6 Å². The highest BCUT2D eigenvalue weighted by molar-refractivity contribution is 14.1. The number of hydrogen-bond acceptors (Lipinski definition) is 10. The molecule has 0 spiro atoms. The smallest absolute Gasteiger partial charge is 0.277 e. The molecule has 0 aliphatic carbocycles. The maximum absolute atomic E-state index is 14.7. The number of aliphatic hydroxyl groups is 1. The van der Waals surface area contributed by atoms with Crippen LogP contribution in [0.4, 0.5) is 24.5 Å². The zero-order valence-corrected chi connectivity index (χ0v) is 43.2. The lowest BCUT2D eigenvalue weighted by Crippen LogP contribution is -2.57. The highest BCUT2D eigenvalue weighted by Crippen LogP contribution is 2.31. The van der Waals surface area contributed by atoms with Crippen molar-refractivity contribution >= 4 is 68.9 Å². The molecule has 2 heterocycles. The average molecular weight is 1090 g/mol. The third-order valence-electron chi connectivity index (χ3n) is 12.1. The van der Waals surface area contributed by atoms with Gasteiger partial charge in [0.2, 0.25) is 17.7 Å². The van der Waals surface area contributed by atoms with E-state index in [0.29, 0.717) is 22.8 Å². The van der Waals surface area contributed by atoms with Crippen LogP contribution in [-0.2, 0) is 19.2 Å². The lowest BCUT2D eigenvalue weighted by Gasteiger charge is -2.35. The van der Waals surface area contributed by atoms with Gasteiger partial charge in [0.05, 0.1) is 51.8 Å². The molecule has 13 nitrogen and oxygen atoms in total. The van der Waals surface area contributed by atoms with Crippen LogP contribution in [0.1, 0.15) is 132 Å². The summed E-state index contributed by atoms with van der Waals surface area (Å²) in [6, 6.07) is 12.0. The van der Waals surface area contributed by atoms with Crippen molar-refractivity contribution < 1.29 is 42.3 Å². The second-order valence-electron chi connectivity index (χ2n) is 18.7. The van der Waals surface area contributed by atoms with E-state index >= 15 is 0 Å². The predicted molar refractivity (Wildman–Crippen MR) is 272 cm³/mol. The lowest BCUT2D eigenvalue weighted by atomic mass is 9.85. The number of carbonyl (C=O) groups is 4. The first-order valence-corrected chi connectivity index (χ1v) is 25.8. The minimum Gasteiger partial charge on any atom is -0.391 e. The maximum Gasteiger partial charge on any atom is 0.277 e. The van der Waals surface area contributed by atoms with Gasteiger partial charge in [-0.05, 0) is 122 Å². The number of hydroxylamine groups is 1. The first-order chi connectivity index (χ1) is 32.9. The topological polar surface area (TPSA) is 174 Å². The summed E-state index contributed by atoms with van der Waals surface area (Å²) in [4.78, 5) is 65.7. The summed E-state index contributed by atoms with van der Waals surface area (Å²) in [5.41, 5.74) is 5.54. The van der Waals surface area contributed by atoms with E-state index in [1.807, 2.05) is 87.0 Å². The van der Waals surface area contributed by atoms with Gasteiger partial charge in [0.1, 0.15) is 17.9 Å². The molecule has 1 aromatic heterocycles. The van der Waals surface area contributed by atoms with E-state index in [4.69, 9.17) is 4.84 Å². The largest absolute Gasteiger partial charge is 0.391 e. The highest BCUT2D eigenvalue weighted by Gasteiger charge is 2.44. The summed E-state index contributed by atoms with van der Waals surface area (Å²) in [6.45, 7) is 11.4. The molecule has 1 aliphatic rings. The minimum atomic E-state index is -1.31. The molecule has 69 heavy (non-hydrogen) atoms. The summed E-state index contributed by atoms with van der Waals surface area (Å²) in [6.07, 6.45) is 9.08. The molecule has 6 N–H and O–H groups in total. The van der Waals surface area contributed by atoms with Gasteiger partial charge in [-0.15, -0.1) is 11.3 Å². The zero-order chi connectivity index (χ0) is 50.1. The molecule has 5 rings (SSSR count). The molecule has 4 atom stereocenters. The van der Waals surface area contributed by atoms with E-state index in [9.17, 15) is 37.5 Å². The number of nitrogens with one attached hydrogen (secondary N) is 5.